The quantitative estimate of drug-likeness (QED) is 0.295. The van der Waals surface area contributed by atoms with Crippen molar-refractivity contribution in [2.45, 2.75) is 24.3 Å². The summed E-state index contributed by atoms with van der Waals surface area (Å²) in [6, 6.07) is 16.1. The minimum absolute atomic E-state index is 0.167. The molecule has 3 heterocycles. The first-order valence-corrected chi connectivity index (χ1v) is 12.2. The van der Waals surface area contributed by atoms with E-state index in [-0.39, 0.29) is 11.5 Å². The number of aryl methyl sites for hydroxylation is 1. The average Bonchev–Trinajstić information content (AvgIpc) is 3.46. The van der Waals surface area contributed by atoms with Crippen LogP contribution in [0, 0.1) is 6.92 Å². The van der Waals surface area contributed by atoms with Crippen LogP contribution in [-0.4, -0.2) is 41.1 Å². The Kier molecular flexibility index (Phi) is 5.49. The van der Waals surface area contributed by atoms with Gasteiger partial charge in [0.15, 0.2) is 0 Å². The molecule has 0 bridgehead atoms. The number of para-hydroxylation sites is 1. The van der Waals surface area contributed by atoms with Gasteiger partial charge in [0.1, 0.15) is 5.65 Å². The molecule has 0 spiro atoms. The maximum absolute atomic E-state index is 13.1. The topological polar surface area (TPSA) is 111 Å². The van der Waals surface area contributed by atoms with Crippen molar-refractivity contribution in [3.05, 3.63) is 84.3 Å². The largest absolute Gasteiger partial charge is 0.395 e. The SMILES string of the molecule is Cc1cc(S(=O)(=O)N[C@@H](CO)Cc2c[nH]c3ccccc23)ccc1-c1ccnc2[nH]ccc12. The van der Waals surface area contributed by atoms with Gasteiger partial charge in [-0.15, -0.1) is 0 Å². The number of fused-ring (bicyclic) bond motifs is 2. The fourth-order valence-electron chi connectivity index (χ4n) is 4.30. The molecule has 0 unspecified atom stereocenters. The molecule has 3 aromatic heterocycles. The van der Waals surface area contributed by atoms with Crippen LogP contribution in [0.25, 0.3) is 33.1 Å². The number of H-pyrrole nitrogens is 2. The molecule has 4 N–H and O–H groups in total. The zero-order chi connectivity index (χ0) is 23.0. The number of rotatable bonds is 7. The van der Waals surface area contributed by atoms with Crippen LogP contribution in [0.1, 0.15) is 11.1 Å². The van der Waals surface area contributed by atoms with E-state index in [0.717, 1.165) is 44.2 Å². The number of aliphatic hydroxyl groups excluding tert-OH is 1. The lowest BCUT2D eigenvalue weighted by Gasteiger charge is -2.17. The number of nitrogens with zero attached hydrogens (tertiary/aromatic N) is 1. The number of aliphatic hydroxyl groups is 1. The maximum Gasteiger partial charge on any atom is 0.240 e. The number of benzene rings is 2. The Morgan fingerprint density at radius 3 is 2.70 bits per heavy atom. The van der Waals surface area contributed by atoms with Crippen molar-refractivity contribution in [3.63, 3.8) is 0 Å². The Bertz CT molecular complexity index is 1550. The van der Waals surface area contributed by atoms with Crippen LogP contribution in [-0.2, 0) is 16.4 Å². The van der Waals surface area contributed by atoms with E-state index < -0.39 is 16.1 Å². The van der Waals surface area contributed by atoms with Gasteiger partial charge in [-0.1, -0.05) is 24.3 Å². The number of hydrogen-bond donors (Lipinski definition) is 4. The van der Waals surface area contributed by atoms with Crippen LogP contribution in [0.4, 0.5) is 0 Å². The molecule has 168 valence electrons. The van der Waals surface area contributed by atoms with Crippen LogP contribution >= 0.6 is 0 Å². The zero-order valence-corrected chi connectivity index (χ0v) is 18.9. The van der Waals surface area contributed by atoms with Gasteiger partial charge in [-0.2, -0.15) is 0 Å². The first-order valence-electron chi connectivity index (χ1n) is 10.7. The monoisotopic (exact) mass is 460 g/mol. The molecule has 0 saturated heterocycles. The van der Waals surface area contributed by atoms with Gasteiger partial charge in [0.05, 0.1) is 11.5 Å². The first-order chi connectivity index (χ1) is 16.0. The van der Waals surface area contributed by atoms with E-state index in [2.05, 4.69) is 19.7 Å². The van der Waals surface area contributed by atoms with Crippen LogP contribution in [0.5, 0.6) is 0 Å². The Balaban J connectivity index is 1.41. The third-order valence-corrected chi connectivity index (χ3v) is 7.46. The second-order valence-electron chi connectivity index (χ2n) is 8.14. The van der Waals surface area contributed by atoms with Crippen LogP contribution < -0.4 is 4.72 Å². The van der Waals surface area contributed by atoms with Crippen molar-refractivity contribution in [3.8, 4) is 11.1 Å². The Morgan fingerprint density at radius 1 is 1.03 bits per heavy atom. The smallest absolute Gasteiger partial charge is 0.240 e. The Morgan fingerprint density at radius 2 is 1.88 bits per heavy atom. The number of aromatic amines is 2. The third-order valence-electron chi connectivity index (χ3n) is 5.94. The van der Waals surface area contributed by atoms with E-state index in [4.69, 9.17) is 0 Å². The van der Waals surface area contributed by atoms with Crippen molar-refractivity contribution < 1.29 is 13.5 Å². The standard InChI is InChI=1S/C25H24N4O3S/c1-16-12-19(6-7-20(16)22-8-10-26-25-23(22)9-11-27-25)33(31,32)29-18(15-30)13-17-14-28-24-5-3-2-4-21(17)24/h2-12,14,18,28-30H,13,15H2,1H3,(H,26,27)/t18-/m1/s1. The summed E-state index contributed by atoms with van der Waals surface area (Å²) in [5.41, 5.74) is 5.48. The third kappa shape index (κ3) is 4.04. The van der Waals surface area contributed by atoms with E-state index in [9.17, 15) is 13.5 Å². The van der Waals surface area contributed by atoms with E-state index in [1.807, 2.05) is 61.8 Å². The molecule has 2 aromatic carbocycles. The molecular formula is C25H24N4O3S. The number of aromatic nitrogens is 3. The van der Waals surface area contributed by atoms with Gasteiger partial charge in [-0.3, -0.25) is 0 Å². The summed E-state index contributed by atoms with van der Waals surface area (Å²) in [5.74, 6) is 0. The van der Waals surface area contributed by atoms with Crippen molar-refractivity contribution in [1.29, 1.82) is 0 Å². The van der Waals surface area contributed by atoms with E-state index in [0.29, 0.717) is 6.42 Å². The number of hydrogen-bond acceptors (Lipinski definition) is 4. The minimum Gasteiger partial charge on any atom is -0.395 e. The van der Waals surface area contributed by atoms with Gasteiger partial charge in [-0.25, -0.2) is 18.1 Å². The number of pyridine rings is 1. The molecule has 0 radical (unpaired) electrons. The lowest BCUT2D eigenvalue weighted by molar-refractivity contribution is 0.256. The first kappa shape index (κ1) is 21.4. The zero-order valence-electron chi connectivity index (χ0n) is 18.0. The second-order valence-corrected chi connectivity index (χ2v) is 9.85. The summed E-state index contributed by atoms with van der Waals surface area (Å²) in [6.07, 6.45) is 5.80. The van der Waals surface area contributed by atoms with Crippen molar-refractivity contribution in [1.82, 2.24) is 19.7 Å². The fourth-order valence-corrected chi connectivity index (χ4v) is 5.61. The summed E-state index contributed by atoms with van der Waals surface area (Å²) < 4.78 is 28.9. The predicted molar refractivity (Wildman–Crippen MR) is 129 cm³/mol. The van der Waals surface area contributed by atoms with Gasteiger partial charge in [0.2, 0.25) is 10.0 Å². The van der Waals surface area contributed by atoms with Crippen LogP contribution in [0.2, 0.25) is 0 Å². The minimum atomic E-state index is -3.82. The van der Waals surface area contributed by atoms with E-state index in [1.54, 1.807) is 18.3 Å². The highest BCUT2D eigenvalue weighted by Crippen LogP contribution is 2.31. The van der Waals surface area contributed by atoms with Gasteiger partial charge in [0.25, 0.3) is 0 Å². The number of nitrogens with one attached hydrogen (secondary N) is 3. The van der Waals surface area contributed by atoms with Crippen LogP contribution in [0.3, 0.4) is 0 Å². The Labute approximate surface area is 191 Å². The van der Waals surface area contributed by atoms with E-state index in [1.165, 1.54) is 0 Å². The highest BCUT2D eigenvalue weighted by molar-refractivity contribution is 7.89. The van der Waals surface area contributed by atoms with Gasteiger partial charge in [0, 0.05) is 40.9 Å². The summed E-state index contributed by atoms with van der Waals surface area (Å²) in [6.45, 7) is 1.58. The molecule has 0 amide bonds. The van der Waals surface area contributed by atoms with Gasteiger partial charge < -0.3 is 15.1 Å². The lowest BCUT2D eigenvalue weighted by Crippen LogP contribution is -2.39. The molecule has 0 aliphatic heterocycles. The van der Waals surface area contributed by atoms with Crippen LogP contribution in [0.15, 0.2) is 78.1 Å². The molecular weight excluding hydrogens is 436 g/mol. The summed E-state index contributed by atoms with van der Waals surface area (Å²) in [4.78, 5) is 10.8. The van der Waals surface area contributed by atoms with Crippen molar-refractivity contribution in [2.24, 2.45) is 0 Å². The maximum atomic E-state index is 13.1. The molecule has 1 atom stereocenters. The summed E-state index contributed by atoms with van der Waals surface area (Å²) in [5, 5.41) is 11.9. The number of sulfonamides is 1. The molecule has 0 aliphatic rings. The molecule has 0 fully saturated rings. The Hall–Kier alpha value is -3.46. The summed E-state index contributed by atoms with van der Waals surface area (Å²) >= 11 is 0. The molecule has 8 heteroatoms. The molecule has 0 aliphatic carbocycles. The second kappa shape index (κ2) is 8.47. The lowest BCUT2D eigenvalue weighted by atomic mass is 9.99. The molecule has 7 nitrogen and oxygen atoms in total. The molecule has 5 aromatic rings. The average molecular weight is 461 g/mol. The van der Waals surface area contributed by atoms with E-state index >= 15 is 0 Å². The highest BCUT2D eigenvalue weighted by atomic mass is 32.2. The fraction of sp³-hybridized carbons (Fsp3) is 0.160. The van der Waals surface area contributed by atoms with Crippen molar-refractivity contribution in [2.75, 3.05) is 6.61 Å². The molecule has 33 heavy (non-hydrogen) atoms. The predicted octanol–water partition coefficient (Wildman–Crippen LogP) is 3.90. The highest BCUT2D eigenvalue weighted by Gasteiger charge is 2.22. The summed E-state index contributed by atoms with van der Waals surface area (Å²) in [7, 11) is -3.82. The van der Waals surface area contributed by atoms with Gasteiger partial charge >= 0.3 is 0 Å². The molecule has 5 rings (SSSR count). The van der Waals surface area contributed by atoms with Crippen molar-refractivity contribution >= 4 is 32.0 Å². The van der Waals surface area contributed by atoms with Gasteiger partial charge in [-0.05, 0) is 65.9 Å². The normalized spacial score (nSPS) is 13.0. The molecule has 0 saturated carbocycles.